The predicted octanol–water partition coefficient (Wildman–Crippen LogP) is 2.65. The van der Waals surface area contributed by atoms with Crippen molar-refractivity contribution in [3.8, 4) is 5.75 Å². The van der Waals surface area contributed by atoms with Gasteiger partial charge in [-0.1, -0.05) is 31.0 Å². The Labute approximate surface area is 133 Å². The van der Waals surface area contributed by atoms with Crippen LogP contribution in [0.3, 0.4) is 0 Å². The molecule has 0 bridgehead atoms. The molecule has 0 radical (unpaired) electrons. The average molecular weight is 304 g/mol. The molecule has 4 heteroatoms. The minimum absolute atomic E-state index is 0.0603. The molecular weight excluding hydrogens is 276 g/mol. The van der Waals surface area contributed by atoms with Crippen LogP contribution in [-0.2, 0) is 11.2 Å². The summed E-state index contributed by atoms with van der Waals surface area (Å²) in [5, 5.41) is 3.17. The van der Waals surface area contributed by atoms with E-state index in [2.05, 4.69) is 5.32 Å². The van der Waals surface area contributed by atoms with Gasteiger partial charge >= 0.3 is 0 Å². The van der Waals surface area contributed by atoms with Crippen molar-refractivity contribution in [2.75, 3.05) is 6.54 Å². The summed E-state index contributed by atoms with van der Waals surface area (Å²) in [6, 6.07) is 7.98. The van der Waals surface area contributed by atoms with E-state index in [1.54, 1.807) is 0 Å². The standard InChI is InChI=1S/C18H28N2O2/c1-13(2)22-17-10-6-4-7-14(17)11-18(21)20-16-9-5-3-8-15(16)12-19/h4,6-7,10,13,15-16H,3,5,8-9,11-12,19H2,1-2H3,(H,20,21). The molecule has 0 aromatic heterocycles. The fourth-order valence-electron chi connectivity index (χ4n) is 3.13. The molecule has 1 amide bonds. The zero-order valence-corrected chi connectivity index (χ0v) is 13.7. The second-order valence-electron chi connectivity index (χ2n) is 6.41. The first-order valence-corrected chi connectivity index (χ1v) is 8.34. The summed E-state index contributed by atoms with van der Waals surface area (Å²) in [6.07, 6.45) is 5.01. The SMILES string of the molecule is CC(C)Oc1ccccc1CC(=O)NC1CCCCC1CN. The highest BCUT2D eigenvalue weighted by atomic mass is 16.5. The molecule has 2 atom stereocenters. The number of hydrogen-bond acceptors (Lipinski definition) is 3. The van der Waals surface area contributed by atoms with Crippen LogP contribution in [0, 0.1) is 5.92 Å². The number of para-hydroxylation sites is 1. The second kappa shape index (κ2) is 8.18. The highest BCUT2D eigenvalue weighted by molar-refractivity contribution is 5.79. The van der Waals surface area contributed by atoms with Gasteiger partial charge in [-0.25, -0.2) is 0 Å². The zero-order valence-electron chi connectivity index (χ0n) is 13.7. The lowest BCUT2D eigenvalue weighted by molar-refractivity contribution is -0.121. The number of benzene rings is 1. The molecule has 4 nitrogen and oxygen atoms in total. The zero-order chi connectivity index (χ0) is 15.9. The van der Waals surface area contributed by atoms with E-state index in [-0.39, 0.29) is 18.1 Å². The average Bonchev–Trinajstić information content (AvgIpc) is 2.49. The molecule has 3 N–H and O–H groups in total. The molecule has 1 aliphatic rings. The van der Waals surface area contributed by atoms with E-state index in [0.717, 1.165) is 24.2 Å². The van der Waals surface area contributed by atoms with E-state index in [4.69, 9.17) is 10.5 Å². The van der Waals surface area contributed by atoms with E-state index in [9.17, 15) is 4.79 Å². The fraction of sp³-hybridized carbons (Fsp3) is 0.611. The number of amides is 1. The maximum absolute atomic E-state index is 12.4. The van der Waals surface area contributed by atoms with Crippen molar-refractivity contribution in [2.24, 2.45) is 11.7 Å². The molecule has 1 aromatic carbocycles. The van der Waals surface area contributed by atoms with E-state index < -0.39 is 0 Å². The molecule has 1 saturated carbocycles. The Morgan fingerprint density at radius 3 is 2.77 bits per heavy atom. The molecule has 0 saturated heterocycles. The van der Waals surface area contributed by atoms with Gasteiger partial charge in [0.2, 0.25) is 5.91 Å². The molecule has 0 spiro atoms. The van der Waals surface area contributed by atoms with Crippen molar-refractivity contribution in [1.29, 1.82) is 0 Å². The Morgan fingerprint density at radius 2 is 2.05 bits per heavy atom. The van der Waals surface area contributed by atoms with Gasteiger partial charge in [-0.05, 0) is 45.2 Å². The van der Waals surface area contributed by atoms with Crippen molar-refractivity contribution < 1.29 is 9.53 Å². The number of nitrogens with one attached hydrogen (secondary N) is 1. The van der Waals surface area contributed by atoms with Crippen LogP contribution in [0.25, 0.3) is 0 Å². The van der Waals surface area contributed by atoms with Gasteiger partial charge in [-0.3, -0.25) is 4.79 Å². The van der Waals surface area contributed by atoms with Crippen LogP contribution in [-0.4, -0.2) is 24.6 Å². The number of ether oxygens (including phenoxy) is 1. The Hall–Kier alpha value is -1.55. The maximum atomic E-state index is 12.4. The van der Waals surface area contributed by atoms with Gasteiger partial charge in [0, 0.05) is 11.6 Å². The summed E-state index contributed by atoms with van der Waals surface area (Å²) in [6.45, 7) is 4.63. The molecule has 2 rings (SSSR count). The largest absolute Gasteiger partial charge is 0.491 e. The lowest BCUT2D eigenvalue weighted by Gasteiger charge is -2.31. The summed E-state index contributed by atoms with van der Waals surface area (Å²) in [5.41, 5.74) is 6.77. The number of carbonyl (C=O) groups is 1. The van der Waals surface area contributed by atoms with Gasteiger partial charge in [-0.2, -0.15) is 0 Å². The van der Waals surface area contributed by atoms with Crippen molar-refractivity contribution in [1.82, 2.24) is 5.32 Å². The fourth-order valence-corrected chi connectivity index (χ4v) is 3.13. The first-order chi connectivity index (χ1) is 10.6. The van der Waals surface area contributed by atoms with Gasteiger partial charge in [-0.15, -0.1) is 0 Å². The van der Waals surface area contributed by atoms with E-state index >= 15 is 0 Å². The summed E-state index contributed by atoms with van der Waals surface area (Å²) >= 11 is 0. The lowest BCUT2D eigenvalue weighted by Crippen LogP contribution is -2.45. The van der Waals surface area contributed by atoms with Crippen molar-refractivity contribution in [3.05, 3.63) is 29.8 Å². The number of hydrogen-bond donors (Lipinski definition) is 2. The highest BCUT2D eigenvalue weighted by Crippen LogP contribution is 2.24. The van der Waals surface area contributed by atoms with Gasteiger partial charge < -0.3 is 15.8 Å². The third-order valence-electron chi connectivity index (χ3n) is 4.24. The first-order valence-electron chi connectivity index (χ1n) is 8.34. The summed E-state index contributed by atoms with van der Waals surface area (Å²) < 4.78 is 5.78. The molecule has 2 unspecified atom stereocenters. The normalized spacial score (nSPS) is 21.6. The quantitative estimate of drug-likeness (QED) is 0.849. The Kier molecular flexibility index (Phi) is 6.25. The minimum Gasteiger partial charge on any atom is -0.491 e. The van der Waals surface area contributed by atoms with Crippen LogP contribution in [0.15, 0.2) is 24.3 Å². The molecule has 22 heavy (non-hydrogen) atoms. The molecular formula is C18H28N2O2. The van der Waals surface area contributed by atoms with Gasteiger partial charge in [0.15, 0.2) is 0 Å². The van der Waals surface area contributed by atoms with Gasteiger partial charge in [0.25, 0.3) is 0 Å². The molecule has 0 aliphatic heterocycles. The topological polar surface area (TPSA) is 64.3 Å². The molecule has 1 fully saturated rings. The molecule has 1 aliphatic carbocycles. The Morgan fingerprint density at radius 1 is 1.32 bits per heavy atom. The van der Waals surface area contributed by atoms with Crippen LogP contribution in [0.2, 0.25) is 0 Å². The van der Waals surface area contributed by atoms with Crippen LogP contribution in [0.5, 0.6) is 5.75 Å². The van der Waals surface area contributed by atoms with Crippen molar-refractivity contribution in [3.63, 3.8) is 0 Å². The lowest BCUT2D eigenvalue weighted by atomic mass is 9.84. The van der Waals surface area contributed by atoms with E-state index in [1.165, 1.54) is 12.8 Å². The van der Waals surface area contributed by atoms with Gasteiger partial charge in [0.1, 0.15) is 5.75 Å². The number of rotatable bonds is 6. The van der Waals surface area contributed by atoms with Crippen molar-refractivity contribution >= 4 is 5.91 Å². The van der Waals surface area contributed by atoms with Crippen LogP contribution < -0.4 is 15.8 Å². The van der Waals surface area contributed by atoms with E-state index in [1.807, 2.05) is 38.1 Å². The van der Waals surface area contributed by atoms with Gasteiger partial charge in [0.05, 0.1) is 12.5 Å². The summed E-state index contributed by atoms with van der Waals surface area (Å²) in [7, 11) is 0. The predicted molar refractivity (Wildman–Crippen MR) is 88.9 cm³/mol. The summed E-state index contributed by atoms with van der Waals surface area (Å²) in [4.78, 5) is 12.4. The molecule has 0 heterocycles. The third-order valence-corrected chi connectivity index (χ3v) is 4.24. The summed E-state index contributed by atoms with van der Waals surface area (Å²) in [5.74, 6) is 1.27. The molecule has 1 aromatic rings. The third kappa shape index (κ3) is 4.73. The number of nitrogens with two attached hydrogens (primary N) is 1. The monoisotopic (exact) mass is 304 g/mol. The van der Waals surface area contributed by atoms with Crippen LogP contribution >= 0.6 is 0 Å². The second-order valence-corrected chi connectivity index (χ2v) is 6.41. The highest BCUT2D eigenvalue weighted by Gasteiger charge is 2.25. The van der Waals surface area contributed by atoms with Crippen molar-refractivity contribution in [2.45, 2.75) is 58.1 Å². The van der Waals surface area contributed by atoms with Crippen LogP contribution in [0.4, 0.5) is 0 Å². The van der Waals surface area contributed by atoms with E-state index in [0.29, 0.717) is 18.9 Å². The Bertz CT molecular complexity index is 488. The Balaban J connectivity index is 1.97. The molecule has 122 valence electrons. The smallest absolute Gasteiger partial charge is 0.224 e. The first kappa shape index (κ1) is 16.8. The number of carbonyl (C=O) groups excluding carboxylic acids is 1. The maximum Gasteiger partial charge on any atom is 0.224 e. The van der Waals surface area contributed by atoms with Crippen LogP contribution in [0.1, 0.15) is 45.1 Å². The minimum atomic E-state index is 0.0603.